The molecule has 0 aliphatic rings. The van der Waals surface area contributed by atoms with Gasteiger partial charge >= 0.3 is 0 Å². The number of halogens is 1. The van der Waals surface area contributed by atoms with E-state index in [1.165, 1.54) is 6.08 Å². The molecule has 0 aliphatic heterocycles. The second-order valence-corrected chi connectivity index (χ2v) is 5.20. The average Bonchev–Trinajstić information content (AvgIpc) is 2.96. The normalized spacial score (nSPS) is 11.2. The summed E-state index contributed by atoms with van der Waals surface area (Å²) in [6.45, 7) is 0. The lowest BCUT2D eigenvalue weighted by Gasteiger charge is -1.98. The van der Waals surface area contributed by atoms with Crippen molar-refractivity contribution in [1.29, 1.82) is 0 Å². The van der Waals surface area contributed by atoms with Gasteiger partial charge in [0.05, 0.1) is 7.11 Å². The molecule has 1 aromatic heterocycles. The molecule has 0 saturated carbocycles. The third-order valence-corrected chi connectivity index (χ3v) is 3.50. The Morgan fingerprint density at radius 2 is 1.91 bits per heavy atom. The lowest BCUT2D eigenvalue weighted by molar-refractivity contribution is 0.102. The molecule has 0 radical (unpaired) electrons. The minimum atomic E-state index is -0.192. The van der Waals surface area contributed by atoms with Crippen molar-refractivity contribution >= 4 is 34.4 Å². The number of furan rings is 1. The van der Waals surface area contributed by atoms with E-state index < -0.39 is 0 Å². The van der Waals surface area contributed by atoms with Gasteiger partial charge in [0.2, 0.25) is 5.78 Å². The Morgan fingerprint density at radius 3 is 2.64 bits per heavy atom. The molecule has 4 heteroatoms. The van der Waals surface area contributed by atoms with E-state index in [1.807, 2.05) is 24.3 Å². The van der Waals surface area contributed by atoms with Crippen molar-refractivity contribution in [3.63, 3.8) is 0 Å². The summed E-state index contributed by atoms with van der Waals surface area (Å²) in [4.78, 5) is 12.2. The number of rotatable bonds is 4. The van der Waals surface area contributed by atoms with Crippen LogP contribution in [0.2, 0.25) is 5.02 Å². The molecule has 0 aliphatic carbocycles. The fraction of sp³-hybridized carbons (Fsp3) is 0.0556. The van der Waals surface area contributed by atoms with Crippen LogP contribution in [-0.4, -0.2) is 12.9 Å². The summed E-state index contributed by atoms with van der Waals surface area (Å²) in [6.07, 6.45) is 3.23. The van der Waals surface area contributed by atoms with Crippen molar-refractivity contribution < 1.29 is 13.9 Å². The number of hydrogen-bond acceptors (Lipinski definition) is 3. The summed E-state index contributed by atoms with van der Waals surface area (Å²) >= 11 is 5.92. The Labute approximate surface area is 132 Å². The molecule has 0 bridgehead atoms. The highest BCUT2D eigenvalue weighted by Crippen LogP contribution is 2.23. The van der Waals surface area contributed by atoms with Gasteiger partial charge in [-0.3, -0.25) is 4.79 Å². The number of benzene rings is 2. The van der Waals surface area contributed by atoms with Gasteiger partial charge in [0.1, 0.15) is 11.3 Å². The van der Waals surface area contributed by atoms with Crippen LogP contribution in [0.1, 0.15) is 16.1 Å². The van der Waals surface area contributed by atoms with E-state index in [2.05, 4.69) is 0 Å². The van der Waals surface area contributed by atoms with Crippen molar-refractivity contribution in [3.8, 4) is 5.75 Å². The van der Waals surface area contributed by atoms with Gasteiger partial charge in [0.25, 0.3) is 0 Å². The molecule has 0 atom stereocenters. The zero-order valence-corrected chi connectivity index (χ0v) is 12.6. The van der Waals surface area contributed by atoms with E-state index in [-0.39, 0.29) is 5.78 Å². The van der Waals surface area contributed by atoms with Crippen molar-refractivity contribution in [3.05, 3.63) is 71.0 Å². The van der Waals surface area contributed by atoms with Crippen molar-refractivity contribution in [2.45, 2.75) is 0 Å². The molecule has 3 rings (SSSR count). The summed E-state index contributed by atoms with van der Waals surface area (Å²) in [7, 11) is 1.61. The van der Waals surface area contributed by atoms with E-state index >= 15 is 0 Å². The van der Waals surface area contributed by atoms with Crippen LogP contribution in [0.5, 0.6) is 5.75 Å². The van der Waals surface area contributed by atoms with Crippen LogP contribution in [0.25, 0.3) is 17.0 Å². The molecule has 0 amide bonds. The van der Waals surface area contributed by atoms with Crippen LogP contribution in [0.15, 0.2) is 59.0 Å². The predicted octanol–water partition coefficient (Wildman–Crippen LogP) is 4.99. The minimum absolute atomic E-state index is 0.192. The first-order valence-corrected chi connectivity index (χ1v) is 7.09. The standard InChI is InChI=1S/C18H13ClO3/c1-21-15-6-2-12(3-7-15)4-8-16(20)18-11-13-10-14(19)5-9-17(13)22-18/h2-11H,1H3/b8-4+. The van der Waals surface area contributed by atoms with Crippen molar-refractivity contribution in [2.75, 3.05) is 7.11 Å². The van der Waals surface area contributed by atoms with Crippen LogP contribution < -0.4 is 4.74 Å². The predicted molar refractivity (Wildman–Crippen MR) is 87.6 cm³/mol. The highest BCUT2D eigenvalue weighted by molar-refractivity contribution is 6.31. The lowest BCUT2D eigenvalue weighted by atomic mass is 10.1. The number of ether oxygens (including phenoxy) is 1. The Hall–Kier alpha value is -2.52. The van der Waals surface area contributed by atoms with Gasteiger partial charge in [0.15, 0.2) is 5.76 Å². The number of methoxy groups -OCH3 is 1. The fourth-order valence-electron chi connectivity index (χ4n) is 2.10. The first-order valence-electron chi connectivity index (χ1n) is 6.71. The third kappa shape index (κ3) is 3.05. The Kier molecular flexibility index (Phi) is 3.98. The summed E-state index contributed by atoms with van der Waals surface area (Å²) < 4.78 is 10.6. The molecular formula is C18H13ClO3. The SMILES string of the molecule is COc1ccc(/C=C/C(=O)c2cc3cc(Cl)ccc3o2)cc1. The number of carbonyl (C=O) groups is 1. The minimum Gasteiger partial charge on any atom is -0.497 e. The van der Waals surface area contributed by atoms with Crippen LogP contribution >= 0.6 is 11.6 Å². The molecule has 22 heavy (non-hydrogen) atoms. The van der Waals surface area contributed by atoms with Gasteiger partial charge in [0, 0.05) is 10.4 Å². The zero-order chi connectivity index (χ0) is 15.5. The van der Waals surface area contributed by atoms with Crippen LogP contribution in [0, 0.1) is 0 Å². The van der Waals surface area contributed by atoms with E-state index in [0.29, 0.717) is 16.4 Å². The summed E-state index contributed by atoms with van der Waals surface area (Å²) in [5, 5.41) is 1.43. The number of ketones is 1. The van der Waals surface area contributed by atoms with Crippen LogP contribution in [0.4, 0.5) is 0 Å². The number of carbonyl (C=O) groups excluding carboxylic acids is 1. The highest BCUT2D eigenvalue weighted by Gasteiger charge is 2.09. The van der Waals surface area contributed by atoms with Gasteiger partial charge in [-0.15, -0.1) is 0 Å². The molecule has 2 aromatic carbocycles. The number of hydrogen-bond donors (Lipinski definition) is 0. The van der Waals surface area contributed by atoms with E-state index in [4.69, 9.17) is 20.8 Å². The van der Waals surface area contributed by atoms with Gasteiger partial charge < -0.3 is 9.15 Å². The third-order valence-electron chi connectivity index (χ3n) is 3.26. The highest BCUT2D eigenvalue weighted by atomic mass is 35.5. The fourth-order valence-corrected chi connectivity index (χ4v) is 2.29. The van der Waals surface area contributed by atoms with Gasteiger partial charge in [-0.2, -0.15) is 0 Å². The molecule has 1 heterocycles. The Balaban J connectivity index is 1.81. The topological polar surface area (TPSA) is 39.4 Å². The molecule has 110 valence electrons. The molecule has 0 spiro atoms. The zero-order valence-electron chi connectivity index (χ0n) is 11.9. The Bertz CT molecular complexity index is 844. The molecule has 3 nitrogen and oxygen atoms in total. The molecular weight excluding hydrogens is 300 g/mol. The molecule has 0 fully saturated rings. The van der Waals surface area contributed by atoms with Crippen molar-refractivity contribution in [2.24, 2.45) is 0 Å². The maximum Gasteiger partial charge on any atom is 0.221 e. The van der Waals surface area contributed by atoms with E-state index in [1.54, 1.807) is 37.5 Å². The molecule has 0 saturated heterocycles. The largest absolute Gasteiger partial charge is 0.497 e. The quantitative estimate of drug-likeness (QED) is 0.503. The summed E-state index contributed by atoms with van der Waals surface area (Å²) in [5.74, 6) is 0.878. The van der Waals surface area contributed by atoms with Gasteiger partial charge in [-0.25, -0.2) is 0 Å². The van der Waals surface area contributed by atoms with E-state index in [0.717, 1.165) is 16.7 Å². The molecule has 0 unspecified atom stereocenters. The van der Waals surface area contributed by atoms with Gasteiger partial charge in [-0.05, 0) is 48.0 Å². The number of allylic oxidation sites excluding steroid dienone is 1. The second-order valence-electron chi connectivity index (χ2n) is 4.76. The molecule has 3 aromatic rings. The first-order chi connectivity index (χ1) is 10.7. The smallest absolute Gasteiger partial charge is 0.221 e. The van der Waals surface area contributed by atoms with Crippen LogP contribution in [-0.2, 0) is 0 Å². The van der Waals surface area contributed by atoms with E-state index in [9.17, 15) is 4.79 Å². The second kappa shape index (κ2) is 6.08. The van der Waals surface area contributed by atoms with Crippen molar-refractivity contribution in [1.82, 2.24) is 0 Å². The summed E-state index contributed by atoms with van der Waals surface area (Å²) in [5.41, 5.74) is 1.55. The van der Waals surface area contributed by atoms with Gasteiger partial charge in [-0.1, -0.05) is 29.8 Å². The maximum atomic E-state index is 12.2. The number of fused-ring (bicyclic) bond motifs is 1. The lowest BCUT2D eigenvalue weighted by Crippen LogP contribution is -1.90. The van der Waals surface area contributed by atoms with Crippen LogP contribution in [0.3, 0.4) is 0 Å². The maximum absolute atomic E-state index is 12.2. The monoisotopic (exact) mass is 312 g/mol. The molecule has 0 N–H and O–H groups in total. The average molecular weight is 313 g/mol. The summed E-state index contributed by atoms with van der Waals surface area (Å²) in [6, 6.07) is 14.4. The first kappa shape index (κ1) is 14.4. The Morgan fingerprint density at radius 1 is 1.14 bits per heavy atom.